The lowest BCUT2D eigenvalue weighted by molar-refractivity contribution is -0.191. The molecule has 4 rings (SSSR count). The van der Waals surface area contributed by atoms with Crippen LogP contribution < -0.4 is 4.74 Å². The van der Waals surface area contributed by atoms with Crippen LogP contribution in [0.15, 0.2) is 67.3 Å². The molecule has 0 spiro atoms. The van der Waals surface area contributed by atoms with Crippen LogP contribution in [-0.4, -0.2) is 19.8 Å². The van der Waals surface area contributed by atoms with Crippen LogP contribution in [0.25, 0.3) is 11.1 Å². The molecule has 178 valence electrons. The maximum absolute atomic E-state index is 14.9. The molecule has 0 aromatic heterocycles. The molecule has 1 heterocycles. The van der Waals surface area contributed by atoms with E-state index in [1.54, 1.807) is 13.0 Å². The van der Waals surface area contributed by atoms with Crippen LogP contribution >= 0.6 is 0 Å². The van der Waals surface area contributed by atoms with Crippen molar-refractivity contribution in [1.82, 2.24) is 0 Å². The van der Waals surface area contributed by atoms with Crippen LogP contribution in [0.2, 0.25) is 0 Å². The van der Waals surface area contributed by atoms with E-state index in [2.05, 4.69) is 30.8 Å². The van der Waals surface area contributed by atoms with E-state index in [9.17, 15) is 13.2 Å². The molecule has 3 nitrogen and oxygen atoms in total. The zero-order valence-electron chi connectivity index (χ0n) is 19.0. The lowest BCUT2D eigenvalue weighted by Crippen LogP contribution is -2.25. The highest BCUT2D eigenvalue weighted by Crippen LogP contribution is 2.35. The topological polar surface area (TPSA) is 27.7 Å². The van der Waals surface area contributed by atoms with Gasteiger partial charge in [-0.25, -0.2) is 8.78 Å². The number of halogens is 3. The lowest BCUT2D eigenvalue weighted by atomic mass is 9.97. The third-order valence-electron chi connectivity index (χ3n) is 5.89. The molecule has 0 aliphatic carbocycles. The highest BCUT2D eigenvalue weighted by molar-refractivity contribution is 5.66. The normalized spacial score (nSPS) is 18.0. The van der Waals surface area contributed by atoms with Gasteiger partial charge in [0.2, 0.25) is 5.82 Å². The molecule has 6 heteroatoms. The van der Waals surface area contributed by atoms with Crippen molar-refractivity contribution >= 4 is 0 Å². The van der Waals surface area contributed by atoms with E-state index in [0.717, 1.165) is 18.4 Å². The summed E-state index contributed by atoms with van der Waals surface area (Å²) >= 11 is 0. The SMILES string of the molecule is C=CCCc1ccc(C2COC(c3ccc(-c4ccc(OCC)c(F)c4F)c(F)c3)OC2)cc1. The Hall–Kier alpha value is -3.09. The second-order valence-electron chi connectivity index (χ2n) is 8.18. The van der Waals surface area contributed by atoms with Gasteiger partial charge in [0.1, 0.15) is 5.82 Å². The summed E-state index contributed by atoms with van der Waals surface area (Å²) in [5, 5.41) is 0. The van der Waals surface area contributed by atoms with E-state index in [-0.39, 0.29) is 29.4 Å². The van der Waals surface area contributed by atoms with E-state index in [1.165, 1.54) is 29.8 Å². The largest absolute Gasteiger partial charge is 0.491 e. The number of allylic oxidation sites excluding steroid dienone is 1. The fourth-order valence-corrected chi connectivity index (χ4v) is 4.02. The van der Waals surface area contributed by atoms with Gasteiger partial charge in [0.05, 0.1) is 19.8 Å². The van der Waals surface area contributed by atoms with Gasteiger partial charge < -0.3 is 14.2 Å². The highest BCUT2D eigenvalue weighted by Gasteiger charge is 2.26. The second kappa shape index (κ2) is 10.9. The van der Waals surface area contributed by atoms with E-state index in [1.807, 2.05) is 6.08 Å². The minimum atomic E-state index is -1.15. The average Bonchev–Trinajstić information content (AvgIpc) is 2.86. The number of aryl methyl sites for hydroxylation is 1. The van der Waals surface area contributed by atoms with Crippen molar-refractivity contribution < 1.29 is 27.4 Å². The molecule has 0 saturated carbocycles. The van der Waals surface area contributed by atoms with Crippen molar-refractivity contribution in [3.63, 3.8) is 0 Å². The summed E-state index contributed by atoms with van der Waals surface area (Å²) in [7, 11) is 0. The second-order valence-corrected chi connectivity index (χ2v) is 8.18. The molecule has 1 fully saturated rings. The van der Waals surface area contributed by atoms with Crippen LogP contribution in [0, 0.1) is 17.5 Å². The molecule has 0 bridgehead atoms. The molecule has 1 saturated heterocycles. The Morgan fingerprint density at radius 1 is 0.912 bits per heavy atom. The van der Waals surface area contributed by atoms with Gasteiger partial charge in [-0.05, 0) is 49.1 Å². The number of ether oxygens (including phenoxy) is 3. The van der Waals surface area contributed by atoms with Crippen LogP contribution in [-0.2, 0) is 15.9 Å². The van der Waals surface area contributed by atoms with E-state index in [4.69, 9.17) is 14.2 Å². The molecule has 34 heavy (non-hydrogen) atoms. The Labute approximate surface area is 197 Å². The number of hydrogen-bond acceptors (Lipinski definition) is 3. The van der Waals surface area contributed by atoms with Crippen LogP contribution in [0.4, 0.5) is 13.2 Å². The van der Waals surface area contributed by atoms with Crippen molar-refractivity contribution in [2.24, 2.45) is 0 Å². The van der Waals surface area contributed by atoms with E-state index < -0.39 is 23.7 Å². The molecule has 1 aliphatic rings. The lowest BCUT2D eigenvalue weighted by Gasteiger charge is -2.30. The Morgan fingerprint density at radius 2 is 1.59 bits per heavy atom. The summed E-state index contributed by atoms with van der Waals surface area (Å²) in [6.45, 7) is 6.47. The van der Waals surface area contributed by atoms with Gasteiger partial charge in [0, 0.05) is 22.6 Å². The quantitative estimate of drug-likeness (QED) is 0.330. The Kier molecular flexibility index (Phi) is 7.70. The number of benzene rings is 3. The maximum atomic E-state index is 14.9. The molecule has 3 aromatic rings. The van der Waals surface area contributed by atoms with Crippen molar-refractivity contribution in [2.45, 2.75) is 32.0 Å². The molecular weight excluding hydrogens is 441 g/mol. The summed E-state index contributed by atoms with van der Waals surface area (Å²) in [6, 6.07) is 15.2. The predicted octanol–water partition coefficient (Wildman–Crippen LogP) is 7.12. The van der Waals surface area contributed by atoms with E-state index in [0.29, 0.717) is 18.8 Å². The van der Waals surface area contributed by atoms with Gasteiger partial charge in [0.25, 0.3) is 0 Å². The maximum Gasteiger partial charge on any atom is 0.201 e. The van der Waals surface area contributed by atoms with Crippen LogP contribution in [0.1, 0.15) is 42.2 Å². The molecule has 0 radical (unpaired) electrons. The highest BCUT2D eigenvalue weighted by atomic mass is 19.2. The Morgan fingerprint density at radius 3 is 2.24 bits per heavy atom. The summed E-state index contributed by atoms with van der Waals surface area (Å²) < 4.78 is 60.4. The van der Waals surface area contributed by atoms with Crippen molar-refractivity contribution in [3.05, 3.63) is 101 Å². The average molecular weight is 469 g/mol. The molecule has 0 amide bonds. The minimum Gasteiger partial charge on any atom is -0.491 e. The van der Waals surface area contributed by atoms with Gasteiger partial charge in [-0.2, -0.15) is 4.39 Å². The summed E-state index contributed by atoms with van der Waals surface area (Å²) in [6.07, 6.45) is 3.07. The fourth-order valence-electron chi connectivity index (χ4n) is 4.02. The first-order valence-corrected chi connectivity index (χ1v) is 11.3. The van der Waals surface area contributed by atoms with Gasteiger partial charge in [-0.3, -0.25) is 0 Å². The van der Waals surface area contributed by atoms with Crippen molar-refractivity contribution in [1.29, 1.82) is 0 Å². The summed E-state index contributed by atoms with van der Waals surface area (Å²) in [5.74, 6) is -3.10. The number of rotatable bonds is 8. The molecule has 3 aromatic carbocycles. The Bertz CT molecular complexity index is 1140. The smallest absolute Gasteiger partial charge is 0.201 e. The standard InChI is InChI=1S/C28H27F3O3/c1-3-5-6-18-7-9-19(10-8-18)21-16-33-28(34-17-21)20-11-12-22(24(29)15-20)23-13-14-25(32-4-2)27(31)26(23)30/h3,7-15,21,28H,1,4-6,16-17H2,2H3. The first kappa shape index (κ1) is 24.0. The zero-order chi connectivity index (χ0) is 24.1. The molecule has 0 atom stereocenters. The predicted molar refractivity (Wildman–Crippen MR) is 125 cm³/mol. The van der Waals surface area contributed by atoms with Crippen LogP contribution in [0.3, 0.4) is 0 Å². The van der Waals surface area contributed by atoms with Gasteiger partial charge in [0.15, 0.2) is 17.9 Å². The molecule has 0 unspecified atom stereocenters. The number of hydrogen-bond donors (Lipinski definition) is 0. The van der Waals surface area contributed by atoms with Gasteiger partial charge in [-0.15, -0.1) is 6.58 Å². The molecular formula is C28H27F3O3. The zero-order valence-corrected chi connectivity index (χ0v) is 19.0. The third kappa shape index (κ3) is 5.18. The third-order valence-corrected chi connectivity index (χ3v) is 5.89. The Balaban J connectivity index is 1.43. The molecule has 0 N–H and O–H groups in total. The van der Waals surface area contributed by atoms with Crippen molar-refractivity contribution in [2.75, 3.05) is 19.8 Å². The molecule has 1 aliphatic heterocycles. The van der Waals surface area contributed by atoms with Gasteiger partial charge >= 0.3 is 0 Å². The summed E-state index contributed by atoms with van der Waals surface area (Å²) in [5.41, 5.74) is 2.63. The van der Waals surface area contributed by atoms with Crippen molar-refractivity contribution in [3.8, 4) is 16.9 Å². The van der Waals surface area contributed by atoms with Crippen LogP contribution in [0.5, 0.6) is 5.75 Å². The first-order chi connectivity index (χ1) is 16.5. The first-order valence-electron chi connectivity index (χ1n) is 11.3. The monoisotopic (exact) mass is 468 g/mol. The van der Waals surface area contributed by atoms with E-state index >= 15 is 0 Å². The summed E-state index contributed by atoms with van der Waals surface area (Å²) in [4.78, 5) is 0. The van der Waals surface area contributed by atoms with Gasteiger partial charge in [-0.1, -0.05) is 42.5 Å². The fraction of sp³-hybridized carbons (Fsp3) is 0.286. The minimum absolute atomic E-state index is 0.0478.